The molecule has 0 saturated heterocycles. The van der Waals surface area contributed by atoms with Crippen LogP contribution in [0.5, 0.6) is 0 Å². The van der Waals surface area contributed by atoms with Gasteiger partial charge in [-0.1, -0.05) is 18.5 Å². The minimum absolute atomic E-state index is 0.749. The molecule has 2 rings (SSSR count). The second-order valence-electron chi connectivity index (χ2n) is 4.17. The molecule has 1 heterocycles. The van der Waals surface area contributed by atoms with Crippen LogP contribution in [0.2, 0.25) is 5.02 Å². The maximum absolute atomic E-state index is 6.00. The number of fused-ring (bicyclic) bond motifs is 1. The molecule has 0 fully saturated rings. The highest BCUT2D eigenvalue weighted by Gasteiger charge is 2.09. The van der Waals surface area contributed by atoms with Gasteiger partial charge in [-0.25, -0.2) is 4.98 Å². The normalized spacial score (nSPS) is 11.2. The quantitative estimate of drug-likeness (QED) is 0.886. The molecule has 0 aliphatic rings. The zero-order valence-electron chi connectivity index (χ0n) is 10.3. The van der Waals surface area contributed by atoms with Crippen molar-refractivity contribution in [2.45, 2.75) is 26.3 Å². The van der Waals surface area contributed by atoms with Gasteiger partial charge in [-0.15, -0.1) is 0 Å². The Morgan fingerprint density at radius 3 is 2.94 bits per heavy atom. The number of hydrogen-bond acceptors (Lipinski definition) is 2. The molecule has 1 N–H and O–H groups in total. The van der Waals surface area contributed by atoms with E-state index in [0.29, 0.717) is 0 Å². The van der Waals surface area contributed by atoms with Gasteiger partial charge >= 0.3 is 0 Å². The maximum Gasteiger partial charge on any atom is 0.111 e. The summed E-state index contributed by atoms with van der Waals surface area (Å²) in [5, 5.41) is 3.91. The van der Waals surface area contributed by atoms with Gasteiger partial charge in [0.05, 0.1) is 11.0 Å². The molecule has 1 aromatic heterocycles. The highest BCUT2D eigenvalue weighted by Crippen LogP contribution is 2.21. The van der Waals surface area contributed by atoms with Crippen LogP contribution in [0.25, 0.3) is 11.0 Å². The standard InChI is InChI=1S/C13H18ClN3/c1-3-8-17-12-5-4-10(14)9-11(12)16-13(17)6-7-15-2/h4-5,9,15H,3,6-8H2,1-2H3. The Kier molecular flexibility index (Phi) is 4.02. The molecule has 1 aromatic carbocycles. The van der Waals surface area contributed by atoms with Crippen LogP contribution < -0.4 is 5.32 Å². The Balaban J connectivity index is 2.45. The van der Waals surface area contributed by atoms with Gasteiger partial charge in [0.15, 0.2) is 0 Å². The summed E-state index contributed by atoms with van der Waals surface area (Å²) in [5.41, 5.74) is 2.18. The molecule has 0 radical (unpaired) electrons. The van der Waals surface area contributed by atoms with Crippen molar-refractivity contribution in [3.05, 3.63) is 29.0 Å². The predicted octanol–water partition coefficient (Wildman–Crippen LogP) is 2.86. The molecule has 0 saturated carbocycles. The van der Waals surface area contributed by atoms with Crippen LogP contribution in [-0.4, -0.2) is 23.1 Å². The van der Waals surface area contributed by atoms with Crippen LogP contribution in [0.4, 0.5) is 0 Å². The Hall–Kier alpha value is -1.06. The van der Waals surface area contributed by atoms with Gasteiger partial charge < -0.3 is 9.88 Å². The van der Waals surface area contributed by atoms with Crippen molar-refractivity contribution in [1.29, 1.82) is 0 Å². The first-order valence-electron chi connectivity index (χ1n) is 6.05. The topological polar surface area (TPSA) is 29.9 Å². The molecule has 0 spiro atoms. The Morgan fingerprint density at radius 1 is 1.41 bits per heavy atom. The van der Waals surface area contributed by atoms with E-state index in [4.69, 9.17) is 11.6 Å². The fourth-order valence-electron chi connectivity index (χ4n) is 2.05. The second kappa shape index (κ2) is 5.52. The lowest BCUT2D eigenvalue weighted by Gasteiger charge is -2.07. The first-order valence-corrected chi connectivity index (χ1v) is 6.43. The van der Waals surface area contributed by atoms with Crippen molar-refractivity contribution >= 4 is 22.6 Å². The molecule has 0 amide bonds. The van der Waals surface area contributed by atoms with Gasteiger partial charge in [0.25, 0.3) is 0 Å². The van der Waals surface area contributed by atoms with Crippen molar-refractivity contribution in [3.63, 3.8) is 0 Å². The van der Waals surface area contributed by atoms with E-state index >= 15 is 0 Å². The summed E-state index contributed by atoms with van der Waals surface area (Å²) in [6.45, 7) is 4.14. The van der Waals surface area contributed by atoms with Crippen LogP contribution in [0.3, 0.4) is 0 Å². The number of halogens is 1. The number of nitrogens with one attached hydrogen (secondary N) is 1. The minimum atomic E-state index is 0.749. The number of hydrogen-bond donors (Lipinski definition) is 1. The third-order valence-corrected chi connectivity index (χ3v) is 3.07. The predicted molar refractivity (Wildman–Crippen MR) is 72.7 cm³/mol. The molecular weight excluding hydrogens is 234 g/mol. The van der Waals surface area contributed by atoms with Crippen LogP contribution in [0.15, 0.2) is 18.2 Å². The van der Waals surface area contributed by atoms with E-state index in [1.165, 1.54) is 5.52 Å². The SMILES string of the molecule is CCCn1c(CCNC)nc2cc(Cl)ccc21. The van der Waals surface area contributed by atoms with Gasteiger partial charge in [0.1, 0.15) is 5.82 Å². The van der Waals surface area contributed by atoms with Crippen LogP contribution in [0.1, 0.15) is 19.2 Å². The van der Waals surface area contributed by atoms with Gasteiger partial charge in [-0.3, -0.25) is 0 Å². The summed E-state index contributed by atoms with van der Waals surface area (Å²) in [7, 11) is 1.96. The molecule has 0 aliphatic heterocycles. The minimum Gasteiger partial charge on any atom is -0.328 e. The van der Waals surface area contributed by atoms with Gasteiger partial charge in [-0.05, 0) is 31.7 Å². The zero-order chi connectivity index (χ0) is 12.3. The summed E-state index contributed by atoms with van der Waals surface area (Å²) >= 11 is 6.00. The highest BCUT2D eigenvalue weighted by molar-refractivity contribution is 6.31. The number of aromatic nitrogens is 2. The van der Waals surface area contributed by atoms with E-state index in [9.17, 15) is 0 Å². The highest BCUT2D eigenvalue weighted by atomic mass is 35.5. The third kappa shape index (κ3) is 2.61. The first kappa shape index (κ1) is 12.4. The van der Waals surface area contributed by atoms with E-state index in [-0.39, 0.29) is 0 Å². The number of rotatable bonds is 5. The number of nitrogens with zero attached hydrogens (tertiary/aromatic N) is 2. The van der Waals surface area contributed by atoms with Crippen LogP contribution >= 0.6 is 11.6 Å². The van der Waals surface area contributed by atoms with Crippen molar-refractivity contribution in [2.24, 2.45) is 0 Å². The number of likely N-dealkylation sites (N-methyl/N-ethyl adjacent to an activating group) is 1. The molecule has 4 heteroatoms. The molecular formula is C13H18ClN3. The Bertz CT molecular complexity index is 505. The van der Waals surface area contributed by atoms with Gasteiger partial charge in [-0.2, -0.15) is 0 Å². The number of aryl methyl sites for hydroxylation is 1. The van der Waals surface area contributed by atoms with Crippen molar-refractivity contribution < 1.29 is 0 Å². The molecule has 17 heavy (non-hydrogen) atoms. The Morgan fingerprint density at radius 2 is 2.24 bits per heavy atom. The van der Waals surface area contributed by atoms with Crippen molar-refractivity contribution in [3.8, 4) is 0 Å². The third-order valence-electron chi connectivity index (χ3n) is 2.84. The Labute approximate surface area is 107 Å². The van der Waals surface area contributed by atoms with E-state index in [2.05, 4.69) is 27.9 Å². The number of benzene rings is 1. The summed E-state index contributed by atoms with van der Waals surface area (Å²) in [6, 6.07) is 5.93. The summed E-state index contributed by atoms with van der Waals surface area (Å²) in [4.78, 5) is 4.67. The van der Waals surface area contributed by atoms with Crippen LogP contribution in [0, 0.1) is 0 Å². The molecule has 0 atom stereocenters. The van der Waals surface area contributed by atoms with E-state index < -0.39 is 0 Å². The molecule has 2 aromatic rings. The average molecular weight is 252 g/mol. The van der Waals surface area contributed by atoms with E-state index in [1.807, 2.05) is 19.2 Å². The lowest BCUT2D eigenvalue weighted by atomic mass is 10.3. The van der Waals surface area contributed by atoms with Gasteiger partial charge in [0, 0.05) is 24.5 Å². The van der Waals surface area contributed by atoms with E-state index in [0.717, 1.165) is 42.3 Å². The fraction of sp³-hybridized carbons (Fsp3) is 0.462. The lowest BCUT2D eigenvalue weighted by molar-refractivity contribution is 0.638. The largest absolute Gasteiger partial charge is 0.328 e. The van der Waals surface area contributed by atoms with Crippen molar-refractivity contribution in [2.75, 3.05) is 13.6 Å². The molecule has 0 unspecified atom stereocenters. The molecule has 3 nitrogen and oxygen atoms in total. The maximum atomic E-state index is 6.00. The summed E-state index contributed by atoms with van der Waals surface area (Å²) in [5.74, 6) is 1.14. The average Bonchev–Trinajstić information content (AvgIpc) is 2.64. The zero-order valence-corrected chi connectivity index (χ0v) is 11.1. The lowest BCUT2D eigenvalue weighted by Crippen LogP contribution is -2.14. The smallest absolute Gasteiger partial charge is 0.111 e. The molecule has 92 valence electrons. The molecule has 0 bridgehead atoms. The van der Waals surface area contributed by atoms with E-state index in [1.54, 1.807) is 0 Å². The second-order valence-corrected chi connectivity index (χ2v) is 4.60. The molecule has 0 aliphatic carbocycles. The first-order chi connectivity index (χ1) is 8.26. The summed E-state index contributed by atoms with van der Waals surface area (Å²) < 4.78 is 2.29. The monoisotopic (exact) mass is 251 g/mol. The van der Waals surface area contributed by atoms with Gasteiger partial charge in [0.2, 0.25) is 0 Å². The fourth-order valence-corrected chi connectivity index (χ4v) is 2.22. The summed E-state index contributed by atoms with van der Waals surface area (Å²) in [6.07, 6.45) is 2.06. The van der Waals surface area contributed by atoms with Crippen LogP contribution in [-0.2, 0) is 13.0 Å². The van der Waals surface area contributed by atoms with Crippen molar-refractivity contribution in [1.82, 2.24) is 14.9 Å². The number of imidazole rings is 1.